The van der Waals surface area contributed by atoms with Crippen LogP contribution in [-0.2, 0) is 0 Å². The van der Waals surface area contributed by atoms with Crippen molar-refractivity contribution in [2.45, 2.75) is 3.92 Å². The van der Waals surface area contributed by atoms with Gasteiger partial charge in [-0.25, -0.2) is 0 Å². The monoisotopic (exact) mass is 293 g/mol. The molecule has 0 saturated heterocycles. The van der Waals surface area contributed by atoms with E-state index >= 15 is 0 Å². The van der Waals surface area contributed by atoms with Gasteiger partial charge < -0.3 is 0 Å². The third-order valence-electron chi connectivity index (χ3n) is 2.30. The molecule has 0 aromatic carbocycles. The number of allylic oxidation sites excluding steroid dienone is 5. The number of hydrogen-bond donors (Lipinski definition) is 1. The number of hydrogen-bond acceptors (Lipinski definition) is 1. The molecule has 66 valence electrons. The Morgan fingerprint density at radius 1 is 1.50 bits per heavy atom. The first-order chi connectivity index (χ1) is 5.61. The summed E-state index contributed by atoms with van der Waals surface area (Å²) in [7, 11) is -1.06. The van der Waals surface area contributed by atoms with Crippen molar-refractivity contribution >= 4 is 32.8 Å². The second-order valence-corrected chi connectivity index (χ2v) is 7.58. The second kappa shape index (κ2) is 2.89. The van der Waals surface area contributed by atoms with Gasteiger partial charge in [0, 0.05) is 9.84 Å². The smallest absolute Gasteiger partial charge is 0.0401 e. The zero-order valence-corrected chi connectivity index (χ0v) is 9.88. The van der Waals surface area contributed by atoms with Crippen LogP contribution in [0.1, 0.15) is 0 Å². The molecule has 2 aliphatic rings. The average molecular weight is 293 g/mol. The second-order valence-electron chi connectivity index (χ2n) is 3.30. The van der Waals surface area contributed by atoms with E-state index in [1.807, 2.05) is 0 Å². The summed E-state index contributed by atoms with van der Waals surface area (Å²) in [6.07, 6.45) is 11.0. The van der Waals surface area contributed by atoms with Crippen molar-refractivity contribution in [3.05, 3.63) is 34.6 Å². The summed E-state index contributed by atoms with van der Waals surface area (Å²) in [6.45, 7) is 0. The average Bonchev–Trinajstić information content (AvgIpc) is 2.30. The van der Waals surface area contributed by atoms with E-state index in [4.69, 9.17) is 5.14 Å². The summed E-state index contributed by atoms with van der Waals surface area (Å²) in [5.74, 6) is 0.570. The minimum absolute atomic E-state index is 0.570. The normalized spacial score (nSPS) is 49.8. The van der Waals surface area contributed by atoms with Crippen LogP contribution >= 0.6 is 32.8 Å². The Hall–Kier alpha value is 0.260. The highest BCUT2D eigenvalue weighted by molar-refractivity contribution is 14.1. The number of nitrogens with two attached hydrogens (primary N) is 1. The fourth-order valence-electron chi connectivity index (χ4n) is 1.61. The van der Waals surface area contributed by atoms with Gasteiger partial charge in [-0.15, -0.1) is 0 Å². The highest BCUT2D eigenvalue weighted by Crippen LogP contribution is 2.57. The number of halogens is 1. The minimum Gasteiger partial charge on any atom is -0.288 e. The standard InChI is InChI=1S/C9H12INS/c1-12(11)6-5-7-8(10)3-2-4-9(7)12/h2-8H,11H2,1H3. The third-order valence-corrected chi connectivity index (χ3v) is 5.64. The van der Waals surface area contributed by atoms with Crippen LogP contribution in [0.3, 0.4) is 0 Å². The van der Waals surface area contributed by atoms with E-state index in [1.165, 1.54) is 4.91 Å². The first-order valence-corrected chi connectivity index (χ1v) is 7.29. The molecule has 1 heterocycles. The van der Waals surface area contributed by atoms with Gasteiger partial charge in [0.2, 0.25) is 0 Å². The van der Waals surface area contributed by atoms with Gasteiger partial charge in [0.25, 0.3) is 0 Å². The zero-order chi connectivity index (χ0) is 8.77. The summed E-state index contributed by atoms with van der Waals surface area (Å²) in [6, 6.07) is 0. The molecule has 0 amide bonds. The maximum absolute atomic E-state index is 6.19. The fraction of sp³-hybridized carbons (Fsp3) is 0.333. The lowest BCUT2D eigenvalue weighted by atomic mass is 10.0. The molecule has 0 aromatic heterocycles. The van der Waals surface area contributed by atoms with Crippen molar-refractivity contribution < 1.29 is 0 Å². The molecule has 1 nitrogen and oxygen atoms in total. The molecule has 1 aliphatic heterocycles. The number of rotatable bonds is 0. The van der Waals surface area contributed by atoms with Gasteiger partial charge in [0.15, 0.2) is 0 Å². The predicted molar refractivity (Wildman–Crippen MR) is 65.4 cm³/mol. The topological polar surface area (TPSA) is 26.0 Å². The first-order valence-electron chi connectivity index (χ1n) is 3.88. The zero-order valence-electron chi connectivity index (χ0n) is 6.91. The van der Waals surface area contributed by atoms with Crippen molar-refractivity contribution in [2.75, 3.05) is 6.26 Å². The Morgan fingerprint density at radius 2 is 2.25 bits per heavy atom. The number of fused-ring (bicyclic) bond motifs is 1. The van der Waals surface area contributed by atoms with E-state index in [-0.39, 0.29) is 0 Å². The third kappa shape index (κ3) is 1.28. The van der Waals surface area contributed by atoms with Crippen molar-refractivity contribution in [3.8, 4) is 0 Å². The van der Waals surface area contributed by atoms with Gasteiger partial charge in [-0.1, -0.05) is 46.9 Å². The van der Waals surface area contributed by atoms with Gasteiger partial charge in [0.1, 0.15) is 0 Å². The molecule has 1 aliphatic carbocycles. The van der Waals surface area contributed by atoms with E-state index in [1.54, 1.807) is 0 Å². The molecule has 2 N–H and O–H groups in total. The van der Waals surface area contributed by atoms with Crippen molar-refractivity contribution in [2.24, 2.45) is 11.1 Å². The highest BCUT2D eigenvalue weighted by Gasteiger charge is 2.32. The summed E-state index contributed by atoms with van der Waals surface area (Å²) >= 11 is 2.47. The molecule has 3 unspecified atom stereocenters. The van der Waals surface area contributed by atoms with E-state index in [0.29, 0.717) is 9.84 Å². The molecule has 12 heavy (non-hydrogen) atoms. The van der Waals surface area contributed by atoms with Crippen LogP contribution < -0.4 is 5.14 Å². The maximum atomic E-state index is 6.19. The molecule has 3 atom stereocenters. The van der Waals surface area contributed by atoms with Crippen LogP contribution in [0, 0.1) is 5.92 Å². The van der Waals surface area contributed by atoms with E-state index < -0.39 is 10.2 Å². The Labute approximate surface area is 88.4 Å². The Morgan fingerprint density at radius 3 is 2.92 bits per heavy atom. The molecule has 0 bridgehead atoms. The molecule has 0 saturated carbocycles. The van der Waals surface area contributed by atoms with Crippen LogP contribution in [0.4, 0.5) is 0 Å². The van der Waals surface area contributed by atoms with Gasteiger partial charge in [-0.05, 0) is 16.6 Å². The molecule has 2 rings (SSSR count). The molecular formula is C9H12INS. The van der Waals surface area contributed by atoms with Gasteiger partial charge in [0.05, 0.1) is 0 Å². The fourth-order valence-corrected chi connectivity index (χ4v) is 4.56. The number of alkyl halides is 1. The summed E-state index contributed by atoms with van der Waals surface area (Å²) in [5.41, 5.74) is 0. The maximum Gasteiger partial charge on any atom is 0.0401 e. The molecule has 0 aromatic rings. The molecule has 0 spiro atoms. The predicted octanol–water partition coefficient (Wildman–Crippen LogP) is 2.70. The Kier molecular flexibility index (Phi) is 2.13. The van der Waals surface area contributed by atoms with E-state index in [9.17, 15) is 0 Å². The van der Waals surface area contributed by atoms with Crippen LogP contribution in [0.15, 0.2) is 34.6 Å². The molecule has 0 fully saturated rings. The van der Waals surface area contributed by atoms with Gasteiger partial charge >= 0.3 is 0 Å². The summed E-state index contributed by atoms with van der Waals surface area (Å²) in [5, 5.41) is 8.38. The Balaban J connectivity index is 2.40. The summed E-state index contributed by atoms with van der Waals surface area (Å²) in [4.78, 5) is 1.43. The van der Waals surface area contributed by atoms with Gasteiger partial charge in [-0.2, -0.15) is 10.2 Å². The van der Waals surface area contributed by atoms with Crippen molar-refractivity contribution in [3.63, 3.8) is 0 Å². The van der Waals surface area contributed by atoms with Crippen LogP contribution in [-0.4, -0.2) is 10.2 Å². The lowest BCUT2D eigenvalue weighted by molar-refractivity contribution is 0.857. The van der Waals surface area contributed by atoms with Crippen LogP contribution in [0.5, 0.6) is 0 Å². The summed E-state index contributed by atoms with van der Waals surface area (Å²) < 4.78 is 0.594. The highest BCUT2D eigenvalue weighted by atomic mass is 127. The van der Waals surface area contributed by atoms with E-state index in [0.717, 1.165) is 0 Å². The van der Waals surface area contributed by atoms with Crippen molar-refractivity contribution in [1.82, 2.24) is 0 Å². The van der Waals surface area contributed by atoms with Gasteiger partial charge in [-0.3, -0.25) is 5.14 Å². The largest absolute Gasteiger partial charge is 0.288 e. The van der Waals surface area contributed by atoms with E-state index in [2.05, 4.69) is 58.6 Å². The molecule has 0 radical (unpaired) electrons. The quantitative estimate of drug-likeness (QED) is 0.539. The lowest BCUT2D eigenvalue weighted by Gasteiger charge is -2.30. The lowest BCUT2D eigenvalue weighted by Crippen LogP contribution is -2.17. The molecular weight excluding hydrogens is 281 g/mol. The van der Waals surface area contributed by atoms with Crippen LogP contribution in [0.2, 0.25) is 0 Å². The minimum atomic E-state index is -1.06. The molecule has 3 heteroatoms. The van der Waals surface area contributed by atoms with Crippen LogP contribution in [0.25, 0.3) is 0 Å². The SMILES string of the molecule is CS1(N)C=CC2C1=CC=CC2I. The first kappa shape index (κ1) is 8.84. The van der Waals surface area contributed by atoms with Crippen molar-refractivity contribution in [1.29, 1.82) is 0 Å². The Bertz CT molecular complexity index is 291.